The van der Waals surface area contributed by atoms with Gasteiger partial charge in [0.25, 0.3) is 0 Å². The summed E-state index contributed by atoms with van der Waals surface area (Å²) in [6.07, 6.45) is 2.62. The number of hydrogen-bond acceptors (Lipinski definition) is 2. The third kappa shape index (κ3) is 3.03. The Balaban J connectivity index is 1.52. The Bertz CT molecular complexity index is 1150. The first kappa shape index (κ1) is 18.0. The molecule has 31 heavy (non-hydrogen) atoms. The third-order valence-corrected chi connectivity index (χ3v) is 6.44. The fourth-order valence-electron chi connectivity index (χ4n) is 5.01. The highest BCUT2D eigenvalue weighted by atomic mass is 15.4. The van der Waals surface area contributed by atoms with E-state index in [2.05, 4.69) is 125 Å². The van der Waals surface area contributed by atoms with Crippen molar-refractivity contribution in [1.29, 1.82) is 0 Å². The zero-order valence-electron chi connectivity index (χ0n) is 17.4. The minimum Gasteiger partial charge on any atom is -0.346 e. The van der Waals surface area contributed by atoms with Gasteiger partial charge in [-0.05, 0) is 58.2 Å². The summed E-state index contributed by atoms with van der Waals surface area (Å²) in [6.45, 7) is 1.99. The Labute approximate surface area is 183 Å². The van der Waals surface area contributed by atoms with Crippen LogP contribution in [0.25, 0.3) is 16.7 Å². The fourth-order valence-corrected chi connectivity index (χ4v) is 5.01. The SMILES string of the molecule is C(=C1c2ccccc2-c2ccccc21)C1N(c2ccccc2)CCN1c1ccccc1. The fraction of sp³-hybridized carbons (Fsp3) is 0.103. The quantitative estimate of drug-likeness (QED) is 0.343. The number of hydrogen-bond donors (Lipinski definition) is 0. The second kappa shape index (κ2) is 7.48. The molecule has 0 radical (unpaired) electrons. The minimum absolute atomic E-state index is 0.152. The molecule has 1 fully saturated rings. The van der Waals surface area contributed by atoms with Crippen LogP contribution in [0.15, 0.2) is 115 Å². The van der Waals surface area contributed by atoms with E-state index in [-0.39, 0.29) is 6.17 Å². The predicted octanol–water partition coefficient (Wildman–Crippen LogP) is 6.45. The van der Waals surface area contributed by atoms with E-state index in [0.717, 1.165) is 13.1 Å². The van der Waals surface area contributed by atoms with Crippen LogP contribution in [-0.4, -0.2) is 19.3 Å². The molecule has 0 saturated carbocycles. The smallest absolute Gasteiger partial charge is 0.122 e. The molecular weight excluding hydrogens is 376 g/mol. The van der Waals surface area contributed by atoms with Gasteiger partial charge in [0.2, 0.25) is 0 Å². The van der Waals surface area contributed by atoms with E-state index in [0.29, 0.717) is 0 Å². The van der Waals surface area contributed by atoms with E-state index in [1.165, 1.54) is 39.2 Å². The molecule has 0 unspecified atom stereocenters. The van der Waals surface area contributed by atoms with Crippen LogP contribution in [0.2, 0.25) is 0 Å². The van der Waals surface area contributed by atoms with Crippen molar-refractivity contribution in [3.63, 3.8) is 0 Å². The summed E-state index contributed by atoms with van der Waals surface area (Å²) < 4.78 is 0. The summed E-state index contributed by atoms with van der Waals surface area (Å²) in [6, 6.07) is 39.2. The maximum Gasteiger partial charge on any atom is 0.122 e. The molecule has 4 aromatic carbocycles. The average molecular weight is 401 g/mol. The van der Waals surface area contributed by atoms with E-state index in [1.54, 1.807) is 0 Å². The van der Waals surface area contributed by atoms with Crippen LogP contribution in [-0.2, 0) is 0 Å². The van der Waals surface area contributed by atoms with Gasteiger partial charge in [-0.1, -0.05) is 84.9 Å². The predicted molar refractivity (Wildman–Crippen MR) is 130 cm³/mol. The van der Waals surface area contributed by atoms with Crippen LogP contribution in [0.5, 0.6) is 0 Å². The summed E-state index contributed by atoms with van der Waals surface area (Å²) in [7, 11) is 0. The van der Waals surface area contributed by atoms with Crippen molar-refractivity contribution in [2.45, 2.75) is 6.17 Å². The zero-order valence-corrected chi connectivity index (χ0v) is 17.4. The first-order valence-electron chi connectivity index (χ1n) is 10.9. The first-order valence-corrected chi connectivity index (χ1v) is 10.9. The Morgan fingerprint density at radius 2 is 0.871 bits per heavy atom. The van der Waals surface area contributed by atoms with Gasteiger partial charge in [0, 0.05) is 24.5 Å². The average Bonchev–Trinajstić information content (AvgIpc) is 3.41. The molecule has 1 aliphatic heterocycles. The standard InChI is InChI=1S/C29H24N2/c1-3-11-22(12-4-1)30-19-20-31(23-13-5-2-6-14-23)29(30)21-28-26-17-9-7-15-24(26)25-16-8-10-18-27(25)28/h1-18,21,29H,19-20H2. The van der Waals surface area contributed by atoms with Gasteiger partial charge in [-0.15, -0.1) is 0 Å². The lowest BCUT2D eigenvalue weighted by Gasteiger charge is -2.31. The van der Waals surface area contributed by atoms with E-state index in [4.69, 9.17) is 0 Å². The van der Waals surface area contributed by atoms with Crippen LogP contribution >= 0.6 is 0 Å². The zero-order chi connectivity index (χ0) is 20.6. The molecule has 0 N–H and O–H groups in total. The minimum atomic E-state index is 0.152. The number of fused-ring (bicyclic) bond motifs is 3. The van der Waals surface area contributed by atoms with Crippen molar-refractivity contribution in [2.24, 2.45) is 0 Å². The second-order valence-corrected chi connectivity index (χ2v) is 8.14. The lowest BCUT2D eigenvalue weighted by molar-refractivity contribution is 0.802. The third-order valence-electron chi connectivity index (χ3n) is 6.44. The van der Waals surface area contributed by atoms with E-state index < -0.39 is 0 Å². The summed E-state index contributed by atoms with van der Waals surface area (Å²) in [5, 5.41) is 0. The normalized spacial score (nSPS) is 15.2. The van der Waals surface area contributed by atoms with Crippen LogP contribution in [0.3, 0.4) is 0 Å². The Hall–Kier alpha value is -3.78. The van der Waals surface area contributed by atoms with Crippen molar-refractivity contribution in [1.82, 2.24) is 0 Å². The molecule has 6 rings (SSSR count). The van der Waals surface area contributed by atoms with Crippen molar-refractivity contribution in [2.75, 3.05) is 22.9 Å². The van der Waals surface area contributed by atoms with Crippen LogP contribution in [0, 0.1) is 0 Å². The molecule has 0 atom stereocenters. The van der Waals surface area contributed by atoms with Gasteiger partial charge in [0.05, 0.1) is 0 Å². The maximum atomic E-state index is 2.52. The molecule has 2 heteroatoms. The number of benzene rings is 4. The number of rotatable bonds is 3. The molecule has 150 valence electrons. The molecule has 0 aromatic heterocycles. The van der Waals surface area contributed by atoms with Gasteiger partial charge in [0.15, 0.2) is 0 Å². The van der Waals surface area contributed by atoms with Gasteiger partial charge in [0.1, 0.15) is 6.17 Å². The molecule has 2 aliphatic rings. The number of nitrogens with zero attached hydrogens (tertiary/aromatic N) is 2. The summed E-state index contributed by atoms with van der Waals surface area (Å²) in [5.41, 5.74) is 9.19. The molecule has 1 saturated heterocycles. The molecule has 4 aromatic rings. The molecule has 2 nitrogen and oxygen atoms in total. The highest BCUT2D eigenvalue weighted by Crippen LogP contribution is 2.45. The molecule has 0 bridgehead atoms. The summed E-state index contributed by atoms with van der Waals surface area (Å²) in [5.74, 6) is 0. The van der Waals surface area contributed by atoms with Crippen LogP contribution in [0.4, 0.5) is 11.4 Å². The van der Waals surface area contributed by atoms with Gasteiger partial charge in [-0.3, -0.25) is 0 Å². The Morgan fingerprint density at radius 1 is 0.484 bits per heavy atom. The lowest BCUT2D eigenvalue weighted by atomic mass is 10.0. The molecule has 0 spiro atoms. The maximum absolute atomic E-state index is 2.52. The summed E-state index contributed by atoms with van der Waals surface area (Å²) in [4.78, 5) is 5.03. The Kier molecular flexibility index (Phi) is 4.35. The topological polar surface area (TPSA) is 6.48 Å². The Morgan fingerprint density at radius 3 is 1.32 bits per heavy atom. The van der Waals surface area contributed by atoms with E-state index in [1.807, 2.05) is 0 Å². The lowest BCUT2D eigenvalue weighted by Crippen LogP contribution is -2.37. The van der Waals surface area contributed by atoms with E-state index in [9.17, 15) is 0 Å². The molecule has 1 aliphatic carbocycles. The molecule has 1 heterocycles. The molecular formula is C29H24N2. The van der Waals surface area contributed by atoms with Crippen molar-refractivity contribution in [3.05, 3.63) is 126 Å². The van der Waals surface area contributed by atoms with Gasteiger partial charge < -0.3 is 9.80 Å². The monoisotopic (exact) mass is 400 g/mol. The number of anilines is 2. The van der Waals surface area contributed by atoms with Gasteiger partial charge in [-0.25, -0.2) is 0 Å². The highest BCUT2D eigenvalue weighted by molar-refractivity contribution is 6.01. The van der Waals surface area contributed by atoms with Gasteiger partial charge in [-0.2, -0.15) is 0 Å². The van der Waals surface area contributed by atoms with Crippen molar-refractivity contribution < 1.29 is 0 Å². The molecule has 0 amide bonds. The van der Waals surface area contributed by atoms with Crippen molar-refractivity contribution in [3.8, 4) is 11.1 Å². The van der Waals surface area contributed by atoms with Crippen molar-refractivity contribution >= 4 is 16.9 Å². The number of para-hydroxylation sites is 2. The highest BCUT2D eigenvalue weighted by Gasteiger charge is 2.33. The first-order chi connectivity index (χ1) is 15.4. The van der Waals surface area contributed by atoms with Crippen LogP contribution < -0.4 is 9.80 Å². The second-order valence-electron chi connectivity index (χ2n) is 8.14. The largest absolute Gasteiger partial charge is 0.346 e. The summed E-state index contributed by atoms with van der Waals surface area (Å²) >= 11 is 0. The van der Waals surface area contributed by atoms with E-state index >= 15 is 0 Å². The van der Waals surface area contributed by atoms with Gasteiger partial charge >= 0.3 is 0 Å². The van der Waals surface area contributed by atoms with Crippen LogP contribution in [0.1, 0.15) is 11.1 Å².